The molecule has 0 radical (unpaired) electrons. The molecule has 0 heterocycles. The van der Waals surface area contributed by atoms with E-state index in [2.05, 4.69) is 11.9 Å². The third-order valence-electron chi connectivity index (χ3n) is 2.65. The maximum absolute atomic E-state index is 11.5. The maximum atomic E-state index is 11.5. The molecule has 4 nitrogen and oxygen atoms in total. The van der Waals surface area contributed by atoms with Gasteiger partial charge in [0.1, 0.15) is 5.60 Å². The van der Waals surface area contributed by atoms with E-state index in [0.717, 1.165) is 0 Å². The van der Waals surface area contributed by atoms with Gasteiger partial charge in [0.05, 0.1) is 6.10 Å². The number of aliphatic hydroxyl groups excluding tert-OH is 1. The van der Waals surface area contributed by atoms with Gasteiger partial charge in [0.15, 0.2) is 0 Å². The highest BCUT2D eigenvalue weighted by molar-refractivity contribution is 5.68. The molecule has 0 bridgehead atoms. The SMILES string of the molecule is C=CCC1C(O)CC1NC(=O)OC(C)(C)C. The fourth-order valence-corrected chi connectivity index (χ4v) is 1.82. The first-order valence-electron chi connectivity index (χ1n) is 5.62. The van der Waals surface area contributed by atoms with Crippen molar-refractivity contribution in [2.45, 2.75) is 51.4 Å². The van der Waals surface area contributed by atoms with Gasteiger partial charge in [0, 0.05) is 12.0 Å². The normalized spacial score (nSPS) is 29.1. The topological polar surface area (TPSA) is 58.6 Å². The molecular formula is C12H21NO3. The van der Waals surface area contributed by atoms with Crippen molar-refractivity contribution < 1.29 is 14.6 Å². The first kappa shape index (κ1) is 13.0. The Labute approximate surface area is 96.7 Å². The summed E-state index contributed by atoms with van der Waals surface area (Å²) in [7, 11) is 0. The van der Waals surface area contributed by atoms with E-state index in [-0.39, 0.29) is 18.1 Å². The molecule has 1 fully saturated rings. The summed E-state index contributed by atoms with van der Waals surface area (Å²) in [4.78, 5) is 11.5. The van der Waals surface area contributed by atoms with Gasteiger partial charge in [-0.25, -0.2) is 4.79 Å². The number of hydrogen-bond donors (Lipinski definition) is 2. The van der Waals surface area contributed by atoms with E-state index in [9.17, 15) is 9.90 Å². The minimum Gasteiger partial charge on any atom is -0.444 e. The van der Waals surface area contributed by atoms with Gasteiger partial charge in [-0.15, -0.1) is 6.58 Å². The van der Waals surface area contributed by atoms with Crippen molar-refractivity contribution in [2.75, 3.05) is 0 Å². The summed E-state index contributed by atoms with van der Waals surface area (Å²) in [5.41, 5.74) is -0.486. The standard InChI is InChI=1S/C12H21NO3/c1-5-6-8-9(7-10(8)14)13-11(15)16-12(2,3)4/h5,8-10,14H,1,6-7H2,2-4H3,(H,13,15). The molecule has 0 aromatic heterocycles. The minimum absolute atomic E-state index is 0.00264. The third-order valence-corrected chi connectivity index (χ3v) is 2.65. The van der Waals surface area contributed by atoms with Gasteiger partial charge < -0.3 is 15.2 Å². The Hall–Kier alpha value is -1.03. The van der Waals surface area contributed by atoms with Crippen LogP contribution in [0.15, 0.2) is 12.7 Å². The lowest BCUT2D eigenvalue weighted by Gasteiger charge is -2.41. The lowest BCUT2D eigenvalue weighted by Crippen LogP contribution is -2.55. The van der Waals surface area contributed by atoms with E-state index in [1.807, 2.05) is 20.8 Å². The Bertz CT molecular complexity index is 270. The number of alkyl carbamates (subject to hydrolysis) is 1. The second-order valence-electron chi connectivity index (χ2n) is 5.24. The summed E-state index contributed by atoms with van der Waals surface area (Å²) in [6, 6.07) is 0.00264. The number of amides is 1. The summed E-state index contributed by atoms with van der Waals surface area (Å²) in [5.74, 6) is 0.0741. The molecule has 0 saturated heterocycles. The number of nitrogens with one attached hydrogen (secondary N) is 1. The van der Waals surface area contributed by atoms with Crippen LogP contribution in [0.3, 0.4) is 0 Å². The van der Waals surface area contributed by atoms with Crippen molar-refractivity contribution in [3.05, 3.63) is 12.7 Å². The molecule has 1 aliphatic rings. The van der Waals surface area contributed by atoms with Gasteiger partial charge in [-0.3, -0.25) is 0 Å². The van der Waals surface area contributed by atoms with Gasteiger partial charge in [-0.1, -0.05) is 6.08 Å². The average molecular weight is 227 g/mol. The zero-order valence-electron chi connectivity index (χ0n) is 10.2. The number of aliphatic hydroxyl groups is 1. The zero-order chi connectivity index (χ0) is 12.3. The molecule has 0 aromatic carbocycles. The molecule has 1 rings (SSSR count). The molecule has 0 spiro atoms. The monoisotopic (exact) mass is 227 g/mol. The summed E-state index contributed by atoms with van der Waals surface area (Å²) in [6.45, 7) is 9.10. The Morgan fingerprint density at radius 3 is 2.69 bits per heavy atom. The molecule has 4 heteroatoms. The Morgan fingerprint density at radius 2 is 2.25 bits per heavy atom. The molecule has 16 heavy (non-hydrogen) atoms. The maximum Gasteiger partial charge on any atom is 0.407 e. The largest absolute Gasteiger partial charge is 0.444 e. The molecule has 0 aliphatic heterocycles. The van der Waals surface area contributed by atoms with E-state index in [4.69, 9.17) is 4.74 Å². The van der Waals surface area contributed by atoms with Crippen LogP contribution in [0.4, 0.5) is 4.79 Å². The number of rotatable bonds is 3. The molecule has 3 atom stereocenters. The van der Waals surface area contributed by atoms with Crippen LogP contribution in [0, 0.1) is 5.92 Å². The number of carbonyl (C=O) groups is 1. The molecule has 1 saturated carbocycles. The predicted molar refractivity (Wildman–Crippen MR) is 62.1 cm³/mol. The van der Waals surface area contributed by atoms with Crippen LogP contribution in [0.1, 0.15) is 33.6 Å². The number of hydrogen-bond acceptors (Lipinski definition) is 3. The van der Waals surface area contributed by atoms with Crippen molar-refractivity contribution in [3.8, 4) is 0 Å². The van der Waals surface area contributed by atoms with Crippen LogP contribution < -0.4 is 5.32 Å². The Kier molecular flexibility index (Phi) is 3.97. The third kappa shape index (κ3) is 3.52. The molecular weight excluding hydrogens is 206 g/mol. The summed E-state index contributed by atoms with van der Waals surface area (Å²) < 4.78 is 5.15. The Balaban J connectivity index is 2.38. The highest BCUT2D eigenvalue weighted by Crippen LogP contribution is 2.31. The van der Waals surface area contributed by atoms with Crippen molar-refractivity contribution >= 4 is 6.09 Å². The van der Waals surface area contributed by atoms with Crippen LogP contribution >= 0.6 is 0 Å². The second kappa shape index (κ2) is 4.87. The van der Waals surface area contributed by atoms with Crippen LogP contribution in [-0.4, -0.2) is 28.9 Å². The lowest BCUT2D eigenvalue weighted by atomic mass is 9.74. The first-order valence-corrected chi connectivity index (χ1v) is 5.62. The Morgan fingerprint density at radius 1 is 1.62 bits per heavy atom. The molecule has 1 amide bonds. The number of carbonyl (C=O) groups excluding carboxylic acids is 1. The molecule has 0 aromatic rings. The molecule has 1 aliphatic carbocycles. The zero-order valence-corrected chi connectivity index (χ0v) is 10.2. The quantitative estimate of drug-likeness (QED) is 0.723. The van der Waals surface area contributed by atoms with Crippen LogP contribution in [0.2, 0.25) is 0 Å². The molecule has 2 N–H and O–H groups in total. The van der Waals surface area contributed by atoms with Crippen molar-refractivity contribution in [1.29, 1.82) is 0 Å². The highest BCUT2D eigenvalue weighted by atomic mass is 16.6. The average Bonchev–Trinajstić information content (AvgIpc) is 2.10. The van der Waals surface area contributed by atoms with Gasteiger partial charge in [-0.05, 0) is 33.6 Å². The number of ether oxygens (including phenoxy) is 1. The minimum atomic E-state index is -0.486. The van der Waals surface area contributed by atoms with E-state index < -0.39 is 11.7 Å². The van der Waals surface area contributed by atoms with Crippen LogP contribution in [0.5, 0.6) is 0 Å². The van der Waals surface area contributed by atoms with Crippen LogP contribution in [-0.2, 0) is 4.74 Å². The fourth-order valence-electron chi connectivity index (χ4n) is 1.82. The van der Waals surface area contributed by atoms with E-state index in [0.29, 0.717) is 12.8 Å². The summed E-state index contributed by atoms with van der Waals surface area (Å²) in [5, 5.41) is 12.3. The summed E-state index contributed by atoms with van der Waals surface area (Å²) >= 11 is 0. The fraction of sp³-hybridized carbons (Fsp3) is 0.750. The van der Waals surface area contributed by atoms with Gasteiger partial charge in [0.25, 0.3) is 0 Å². The molecule has 92 valence electrons. The van der Waals surface area contributed by atoms with Crippen molar-refractivity contribution in [1.82, 2.24) is 5.32 Å². The second-order valence-corrected chi connectivity index (χ2v) is 5.24. The molecule has 3 unspecified atom stereocenters. The number of allylic oxidation sites excluding steroid dienone is 1. The smallest absolute Gasteiger partial charge is 0.407 e. The van der Waals surface area contributed by atoms with Crippen molar-refractivity contribution in [3.63, 3.8) is 0 Å². The highest BCUT2D eigenvalue weighted by Gasteiger charge is 2.40. The van der Waals surface area contributed by atoms with E-state index in [1.165, 1.54) is 0 Å². The van der Waals surface area contributed by atoms with Gasteiger partial charge in [0.2, 0.25) is 0 Å². The van der Waals surface area contributed by atoms with Crippen LogP contribution in [0.25, 0.3) is 0 Å². The van der Waals surface area contributed by atoms with E-state index in [1.54, 1.807) is 6.08 Å². The van der Waals surface area contributed by atoms with Gasteiger partial charge in [-0.2, -0.15) is 0 Å². The first-order chi connectivity index (χ1) is 7.33. The lowest BCUT2D eigenvalue weighted by molar-refractivity contribution is -0.0152. The van der Waals surface area contributed by atoms with Crippen molar-refractivity contribution in [2.24, 2.45) is 5.92 Å². The van der Waals surface area contributed by atoms with Gasteiger partial charge >= 0.3 is 6.09 Å². The summed E-state index contributed by atoms with van der Waals surface area (Å²) in [6.07, 6.45) is 2.31. The predicted octanol–water partition coefficient (Wildman–Crippen LogP) is 1.84. The van der Waals surface area contributed by atoms with E-state index >= 15 is 0 Å².